The minimum Gasteiger partial charge on any atom is -0.361 e. The number of para-hydroxylation sites is 3. The van der Waals surface area contributed by atoms with Crippen LogP contribution in [-0.2, 0) is 11.2 Å². The molecule has 0 saturated carbocycles. The van der Waals surface area contributed by atoms with E-state index < -0.39 is 5.91 Å². The van der Waals surface area contributed by atoms with E-state index in [1.165, 1.54) is 0 Å². The summed E-state index contributed by atoms with van der Waals surface area (Å²) in [5, 5.41) is 4.21. The van der Waals surface area contributed by atoms with Crippen molar-refractivity contribution in [2.75, 3.05) is 5.32 Å². The molecule has 0 aliphatic rings. The summed E-state index contributed by atoms with van der Waals surface area (Å²) >= 11 is 0. The molecule has 0 unspecified atom stereocenters. The number of hydrazine groups is 1. The number of aromatic nitrogens is 1. The monoisotopic (exact) mass is 384 g/mol. The Morgan fingerprint density at radius 1 is 0.793 bits per heavy atom. The molecule has 0 aliphatic carbocycles. The van der Waals surface area contributed by atoms with Gasteiger partial charge in [0.25, 0.3) is 5.91 Å². The molecule has 6 heteroatoms. The van der Waals surface area contributed by atoms with E-state index in [0.717, 1.165) is 22.2 Å². The van der Waals surface area contributed by atoms with Crippen LogP contribution in [0.1, 0.15) is 15.9 Å². The molecule has 0 atom stereocenters. The number of aromatic amines is 1. The second-order valence-electron chi connectivity index (χ2n) is 6.58. The Morgan fingerprint density at radius 2 is 1.52 bits per heavy atom. The highest BCUT2D eigenvalue weighted by molar-refractivity contribution is 6.01. The van der Waals surface area contributed by atoms with E-state index in [4.69, 9.17) is 0 Å². The van der Waals surface area contributed by atoms with Gasteiger partial charge in [-0.1, -0.05) is 48.5 Å². The van der Waals surface area contributed by atoms with E-state index in [9.17, 15) is 9.59 Å². The lowest BCUT2D eigenvalue weighted by Crippen LogP contribution is -2.42. The highest BCUT2D eigenvalue weighted by atomic mass is 16.2. The van der Waals surface area contributed by atoms with Gasteiger partial charge < -0.3 is 10.3 Å². The third-order valence-corrected chi connectivity index (χ3v) is 4.57. The number of hydrogen-bond donors (Lipinski definition) is 4. The number of fused-ring (bicyclic) bond motifs is 1. The number of carbonyl (C=O) groups excluding carboxylic acids is 2. The van der Waals surface area contributed by atoms with Gasteiger partial charge in [0.15, 0.2) is 0 Å². The van der Waals surface area contributed by atoms with Crippen LogP contribution in [0.2, 0.25) is 0 Å². The summed E-state index contributed by atoms with van der Waals surface area (Å²) in [5.74, 6) is -0.687. The molecule has 0 aliphatic heterocycles. The zero-order chi connectivity index (χ0) is 20.1. The van der Waals surface area contributed by atoms with Gasteiger partial charge in [0.1, 0.15) is 0 Å². The molecule has 4 rings (SSSR count). The van der Waals surface area contributed by atoms with Crippen molar-refractivity contribution in [3.63, 3.8) is 0 Å². The van der Waals surface area contributed by atoms with E-state index >= 15 is 0 Å². The minimum atomic E-state index is -0.392. The number of anilines is 2. The van der Waals surface area contributed by atoms with Gasteiger partial charge in [-0.2, -0.15) is 0 Å². The molecule has 144 valence electrons. The minimum absolute atomic E-state index is 0.161. The average Bonchev–Trinajstić information content (AvgIpc) is 3.16. The quantitative estimate of drug-likeness (QED) is 0.394. The van der Waals surface area contributed by atoms with Gasteiger partial charge >= 0.3 is 0 Å². The van der Waals surface area contributed by atoms with Crippen molar-refractivity contribution in [2.24, 2.45) is 0 Å². The van der Waals surface area contributed by atoms with Crippen LogP contribution < -0.4 is 16.2 Å². The summed E-state index contributed by atoms with van der Waals surface area (Å²) in [6, 6.07) is 24.5. The zero-order valence-corrected chi connectivity index (χ0v) is 15.6. The second kappa shape index (κ2) is 8.31. The van der Waals surface area contributed by atoms with Crippen molar-refractivity contribution < 1.29 is 9.59 Å². The number of amides is 2. The molecule has 0 fully saturated rings. The molecule has 3 aromatic carbocycles. The van der Waals surface area contributed by atoms with Crippen LogP contribution in [0.3, 0.4) is 0 Å². The Kier molecular flexibility index (Phi) is 5.25. The van der Waals surface area contributed by atoms with Gasteiger partial charge in [0, 0.05) is 22.8 Å². The number of H-pyrrole nitrogens is 1. The van der Waals surface area contributed by atoms with Gasteiger partial charge in [-0.15, -0.1) is 0 Å². The van der Waals surface area contributed by atoms with Gasteiger partial charge in [-0.25, -0.2) is 0 Å². The van der Waals surface area contributed by atoms with Crippen LogP contribution in [0.5, 0.6) is 0 Å². The summed E-state index contributed by atoms with van der Waals surface area (Å²) in [5.41, 5.74) is 8.80. The third kappa shape index (κ3) is 4.27. The standard InChI is InChI=1S/C23H20N4O2/c28-22(14-16-15-24-20-12-6-4-10-18(16)20)26-27-23(29)19-11-5-7-13-21(19)25-17-8-2-1-3-9-17/h1-13,15,24-25H,14H2,(H,26,28)(H,27,29). The van der Waals surface area contributed by atoms with Crippen molar-refractivity contribution in [3.05, 3.63) is 96.2 Å². The first kappa shape index (κ1) is 18.3. The highest BCUT2D eigenvalue weighted by Crippen LogP contribution is 2.21. The maximum Gasteiger partial charge on any atom is 0.271 e. The van der Waals surface area contributed by atoms with Gasteiger partial charge in [-0.3, -0.25) is 20.4 Å². The zero-order valence-electron chi connectivity index (χ0n) is 15.6. The number of rotatable bonds is 5. The van der Waals surface area contributed by atoms with Gasteiger partial charge in [0.2, 0.25) is 5.91 Å². The maximum atomic E-state index is 12.6. The van der Waals surface area contributed by atoms with Crippen molar-refractivity contribution >= 4 is 34.1 Å². The van der Waals surface area contributed by atoms with E-state index in [1.54, 1.807) is 12.1 Å². The number of nitrogens with one attached hydrogen (secondary N) is 4. The van der Waals surface area contributed by atoms with Crippen LogP contribution in [-0.4, -0.2) is 16.8 Å². The van der Waals surface area contributed by atoms with Crippen molar-refractivity contribution in [1.82, 2.24) is 15.8 Å². The Morgan fingerprint density at radius 3 is 2.38 bits per heavy atom. The molecule has 1 aromatic heterocycles. The van der Waals surface area contributed by atoms with Crippen LogP contribution >= 0.6 is 0 Å². The van der Waals surface area contributed by atoms with E-state index in [0.29, 0.717) is 11.3 Å². The largest absolute Gasteiger partial charge is 0.361 e. The van der Waals surface area contributed by atoms with Crippen molar-refractivity contribution in [1.29, 1.82) is 0 Å². The summed E-state index contributed by atoms with van der Waals surface area (Å²) < 4.78 is 0. The molecule has 2 amide bonds. The van der Waals surface area contributed by atoms with Gasteiger partial charge in [0.05, 0.1) is 17.7 Å². The molecule has 1 heterocycles. The fourth-order valence-electron chi connectivity index (χ4n) is 3.16. The van der Waals surface area contributed by atoms with Crippen LogP contribution in [0, 0.1) is 0 Å². The lowest BCUT2D eigenvalue weighted by Gasteiger charge is -2.13. The lowest BCUT2D eigenvalue weighted by atomic mass is 10.1. The van der Waals surface area contributed by atoms with Crippen LogP contribution in [0.4, 0.5) is 11.4 Å². The molecule has 0 radical (unpaired) electrons. The SMILES string of the molecule is O=C(Cc1c[nH]c2ccccc12)NNC(=O)c1ccccc1Nc1ccccc1. The fraction of sp³-hybridized carbons (Fsp3) is 0.0435. The number of hydrogen-bond acceptors (Lipinski definition) is 3. The van der Waals surface area contributed by atoms with Gasteiger partial charge in [-0.05, 0) is 35.9 Å². The molecular formula is C23H20N4O2. The predicted octanol–water partition coefficient (Wildman–Crippen LogP) is 3.92. The normalized spacial score (nSPS) is 10.5. The third-order valence-electron chi connectivity index (χ3n) is 4.57. The first-order chi connectivity index (χ1) is 14.2. The van der Waals surface area contributed by atoms with Crippen molar-refractivity contribution in [3.8, 4) is 0 Å². The molecule has 6 nitrogen and oxygen atoms in total. The Balaban J connectivity index is 1.40. The molecule has 4 N–H and O–H groups in total. The summed E-state index contributed by atoms with van der Waals surface area (Å²) in [6.45, 7) is 0. The summed E-state index contributed by atoms with van der Waals surface area (Å²) in [6.07, 6.45) is 1.97. The first-order valence-electron chi connectivity index (χ1n) is 9.26. The number of carbonyl (C=O) groups is 2. The summed E-state index contributed by atoms with van der Waals surface area (Å²) in [7, 11) is 0. The van der Waals surface area contributed by atoms with Crippen LogP contribution in [0.15, 0.2) is 85.1 Å². The molecule has 0 bridgehead atoms. The topological polar surface area (TPSA) is 86.0 Å². The highest BCUT2D eigenvalue weighted by Gasteiger charge is 2.13. The fourth-order valence-corrected chi connectivity index (χ4v) is 3.16. The first-order valence-corrected chi connectivity index (χ1v) is 9.26. The smallest absolute Gasteiger partial charge is 0.271 e. The maximum absolute atomic E-state index is 12.6. The van der Waals surface area contributed by atoms with Crippen molar-refractivity contribution in [2.45, 2.75) is 6.42 Å². The Hall–Kier alpha value is -4.06. The van der Waals surface area contributed by atoms with E-state index in [-0.39, 0.29) is 12.3 Å². The molecule has 0 spiro atoms. The molecular weight excluding hydrogens is 364 g/mol. The molecule has 29 heavy (non-hydrogen) atoms. The van der Waals surface area contributed by atoms with Crippen LogP contribution in [0.25, 0.3) is 10.9 Å². The molecule has 4 aromatic rings. The van der Waals surface area contributed by atoms with E-state index in [1.807, 2.05) is 72.9 Å². The second-order valence-corrected chi connectivity index (χ2v) is 6.58. The Bertz CT molecular complexity index is 1150. The van der Waals surface area contributed by atoms with E-state index in [2.05, 4.69) is 21.2 Å². The lowest BCUT2D eigenvalue weighted by molar-refractivity contribution is -0.121. The molecule has 0 saturated heterocycles. The summed E-state index contributed by atoms with van der Waals surface area (Å²) in [4.78, 5) is 28.1. The number of benzene rings is 3. The predicted molar refractivity (Wildman–Crippen MR) is 114 cm³/mol. The Labute approximate surface area is 167 Å². The average molecular weight is 384 g/mol.